The van der Waals surface area contributed by atoms with Gasteiger partial charge in [0.25, 0.3) is 5.91 Å². The number of rotatable bonds is 5. The van der Waals surface area contributed by atoms with Gasteiger partial charge in [0.1, 0.15) is 0 Å². The van der Waals surface area contributed by atoms with Gasteiger partial charge in [-0.15, -0.1) is 0 Å². The van der Waals surface area contributed by atoms with Gasteiger partial charge in [-0.3, -0.25) is 4.79 Å². The van der Waals surface area contributed by atoms with Gasteiger partial charge < -0.3 is 15.1 Å². The van der Waals surface area contributed by atoms with Crippen LogP contribution in [0.1, 0.15) is 27.6 Å². The summed E-state index contributed by atoms with van der Waals surface area (Å²) in [7, 11) is 0. The van der Waals surface area contributed by atoms with Crippen molar-refractivity contribution < 1.29 is 19.8 Å². The van der Waals surface area contributed by atoms with Crippen molar-refractivity contribution in [3.05, 3.63) is 47.5 Å². The lowest BCUT2D eigenvalue weighted by molar-refractivity contribution is 0.0699. The largest absolute Gasteiger partial charge is 0.478 e. The van der Waals surface area contributed by atoms with E-state index in [1.54, 1.807) is 30.3 Å². The van der Waals surface area contributed by atoms with Crippen LogP contribution < -0.4 is 0 Å². The van der Waals surface area contributed by atoms with E-state index in [9.17, 15) is 14.7 Å². The SMILES string of the molecule is CCN(CCO)C(=O)c1cccc2cccc(C(=O)O)c12. The first-order valence-electron chi connectivity index (χ1n) is 6.75. The molecule has 0 unspecified atom stereocenters. The van der Waals surface area contributed by atoms with Crippen LogP contribution in [0, 0.1) is 0 Å². The second-order valence-electron chi connectivity index (χ2n) is 4.62. The Labute approximate surface area is 122 Å². The van der Waals surface area contributed by atoms with Gasteiger partial charge in [0.2, 0.25) is 0 Å². The van der Waals surface area contributed by atoms with E-state index in [0.29, 0.717) is 22.9 Å². The molecule has 0 bridgehead atoms. The van der Waals surface area contributed by atoms with E-state index < -0.39 is 5.97 Å². The van der Waals surface area contributed by atoms with Crippen LogP contribution in [0.25, 0.3) is 10.8 Å². The van der Waals surface area contributed by atoms with Crippen LogP contribution in [0.3, 0.4) is 0 Å². The molecular formula is C16H17NO4. The number of nitrogens with zero attached hydrogens (tertiary/aromatic N) is 1. The lowest BCUT2D eigenvalue weighted by Crippen LogP contribution is -2.33. The summed E-state index contributed by atoms with van der Waals surface area (Å²) in [6.45, 7) is 2.36. The van der Waals surface area contributed by atoms with Gasteiger partial charge in [-0.1, -0.05) is 24.3 Å². The molecule has 110 valence electrons. The van der Waals surface area contributed by atoms with Gasteiger partial charge in [0.05, 0.1) is 12.2 Å². The molecule has 21 heavy (non-hydrogen) atoms. The summed E-state index contributed by atoms with van der Waals surface area (Å²) in [5.41, 5.74) is 0.456. The molecule has 2 aromatic rings. The fourth-order valence-corrected chi connectivity index (χ4v) is 2.39. The number of hydrogen-bond acceptors (Lipinski definition) is 3. The summed E-state index contributed by atoms with van der Waals surface area (Å²) in [6, 6.07) is 10.1. The Bertz CT molecular complexity index is 676. The average Bonchev–Trinajstić information content (AvgIpc) is 2.50. The number of hydrogen-bond donors (Lipinski definition) is 2. The summed E-state index contributed by atoms with van der Waals surface area (Å²) >= 11 is 0. The van der Waals surface area contributed by atoms with Gasteiger partial charge in [-0.2, -0.15) is 0 Å². The van der Waals surface area contributed by atoms with E-state index in [1.165, 1.54) is 11.0 Å². The number of fused-ring (bicyclic) bond motifs is 1. The van der Waals surface area contributed by atoms with Gasteiger partial charge in [-0.05, 0) is 24.4 Å². The average molecular weight is 287 g/mol. The van der Waals surface area contributed by atoms with Crippen molar-refractivity contribution in [1.82, 2.24) is 4.90 Å². The highest BCUT2D eigenvalue weighted by atomic mass is 16.4. The van der Waals surface area contributed by atoms with Crippen molar-refractivity contribution in [2.24, 2.45) is 0 Å². The van der Waals surface area contributed by atoms with Crippen LogP contribution in [0.4, 0.5) is 0 Å². The molecule has 0 aliphatic carbocycles. The van der Waals surface area contributed by atoms with Crippen LogP contribution in [-0.4, -0.2) is 46.7 Å². The Kier molecular flexibility index (Phi) is 4.55. The fraction of sp³-hybridized carbons (Fsp3) is 0.250. The number of carbonyl (C=O) groups is 2. The third-order valence-corrected chi connectivity index (χ3v) is 3.40. The van der Waals surface area contributed by atoms with Gasteiger partial charge in [-0.25, -0.2) is 4.79 Å². The zero-order valence-electron chi connectivity index (χ0n) is 11.7. The normalized spacial score (nSPS) is 10.6. The molecule has 0 radical (unpaired) electrons. The molecule has 0 aliphatic rings. The molecule has 2 aromatic carbocycles. The van der Waals surface area contributed by atoms with Gasteiger partial charge in [0, 0.05) is 24.0 Å². The summed E-state index contributed by atoms with van der Waals surface area (Å²) in [6.07, 6.45) is 0. The van der Waals surface area contributed by atoms with E-state index in [2.05, 4.69) is 0 Å². The molecule has 0 saturated heterocycles. The number of carboxylic acid groups (broad SMARTS) is 1. The number of carboxylic acids is 1. The molecule has 2 N–H and O–H groups in total. The fourth-order valence-electron chi connectivity index (χ4n) is 2.39. The molecule has 0 fully saturated rings. The third-order valence-electron chi connectivity index (χ3n) is 3.40. The lowest BCUT2D eigenvalue weighted by atomic mass is 9.98. The third kappa shape index (κ3) is 2.87. The van der Waals surface area contributed by atoms with Crippen LogP contribution in [-0.2, 0) is 0 Å². The minimum atomic E-state index is -1.06. The van der Waals surface area contributed by atoms with Crippen molar-refractivity contribution >= 4 is 22.6 Å². The molecule has 5 heteroatoms. The highest BCUT2D eigenvalue weighted by Crippen LogP contribution is 2.24. The molecule has 0 heterocycles. The van der Waals surface area contributed by atoms with Gasteiger partial charge >= 0.3 is 5.97 Å². The van der Waals surface area contributed by atoms with Crippen molar-refractivity contribution in [2.75, 3.05) is 19.7 Å². The number of aliphatic hydroxyl groups excluding tert-OH is 1. The summed E-state index contributed by atoms with van der Waals surface area (Å²) < 4.78 is 0. The maximum atomic E-state index is 12.6. The number of benzene rings is 2. The quantitative estimate of drug-likeness (QED) is 0.881. The second kappa shape index (κ2) is 6.37. The standard InChI is InChI=1S/C16H17NO4/c1-2-17(9-10-18)15(19)12-7-3-5-11-6-4-8-13(14(11)12)16(20)21/h3-8,18H,2,9-10H2,1H3,(H,20,21). The maximum Gasteiger partial charge on any atom is 0.336 e. The Balaban J connectivity index is 2.63. The lowest BCUT2D eigenvalue weighted by Gasteiger charge is -2.21. The number of aliphatic hydroxyl groups is 1. The van der Waals surface area contributed by atoms with Crippen LogP contribution in [0.5, 0.6) is 0 Å². The smallest absolute Gasteiger partial charge is 0.336 e. The molecule has 0 aromatic heterocycles. The molecule has 0 atom stereocenters. The first kappa shape index (κ1) is 15.0. The molecule has 0 aliphatic heterocycles. The molecular weight excluding hydrogens is 270 g/mol. The van der Waals surface area contributed by atoms with Gasteiger partial charge in [0.15, 0.2) is 0 Å². The van der Waals surface area contributed by atoms with Crippen molar-refractivity contribution in [3.8, 4) is 0 Å². The highest BCUT2D eigenvalue weighted by Gasteiger charge is 2.19. The van der Waals surface area contributed by atoms with Crippen molar-refractivity contribution in [2.45, 2.75) is 6.92 Å². The zero-order valence-corrected chi connectivity index (χ0v) is 11.7. The molecule has 0 saturated carbocycles. The highest BCUT2D eigenvalue weighted by molar-refractivity contribution is 6.14. The summed E-state index contributed by atoms with van der Waals surface area (Å²) in [5.74, 6) is -1.34. The molecule has 1 amide bonds. The van der Waals surface area contributed by atoms with Crippen LogP contribution in [0.15, 0.2) is 36.4 Å². The minimum absolute atomic E-state index is 0.108. The molecule has 0 spiro atoms. The predicted molar refractivity (Wildman–Crippen MR) is 79.6 cm³/mol. The Morgan fingerprint density at radius 2 is 1.71 bits per heavy atom. The van der Waals surface area contributed by atoms with Crippen LogP contribution in [0.2, 0.25) is 0 Å². The minimum Gasteiger partial charge on any atom is -0.478 e. The monoisotopic (exact) mass is 287 g/mol. The van der Waals surface area contributed by atoms with E-state index in [-0.39, 0.29) is 24.6 Å². The molecule has 2 rings (SSSR count). The Hall–Kier alpha value is -2.40. The maximum absolute atomic E-state index is 12.6. The number of aromatic carboxylic acids is 1. The molecule has 5 nitrogen and oxygen atoms in total. The van der Waals surface area contributed by atoms with Crippen LogP contribution >= 0.6 is 0 Å². The second-order valence-corrected chi connectivity index (χ2v) is 4.62. The first-order valence-corrected chi connectivity index (χ1v) is 6.75. The first-order chi connectivity index (χ1) is 10.1. The topological polar surface area (TPSA) is 77.8 Å². The van der Waals surface area contributed by atoms with E-state index in [1.807, 2.05) is 6.92 Å². The predicted octanol–water partition coefficient (Wildman–Crippen LogP) is 1.99. The van der Waals surface area contributed by atoms with E-state index in [4.69, 9.17) is 5.11 Å². The number of amides is 1. The number of likely N-dealkylation sites (N-methyl/N-ethyl adjacent to an activating group) is 1. The number of carbonyl (C=O) groups excluding carboxylic acids is 1. The Morgan fingerprint density at radius 1 is 1.10 bits per heavy atom. The van der Waals surface area contributed by atoms with Crippen molar-refractivity contribution in [1.29, 1.82) is 0 Å². The Morgan fingerprint density at radius 3 is 2.24 bits per heavy atom. The van der Waals surface area contributed by atoms with E-state index in [0.717, 1.165) is 0 Å². The summed E-state index contributed by atoms with van der Waals surface area (Å²) in [4.78, 5) is 25.5. The van der Waals surface area contributed by atoms with E-state index >= 15 is 0 Å². The zero-order chi connectivity index (χ0) is 15.4. The summed E-state index contributed by atoms with van der Waals surface area (Å²) in [5, 5.41) is 19.5. The van der Waals surface area contributed by atoms with Crippen molar-refractivity contribution in [3.63, 3.8) is 0 Å².